The second-order valence-electron chi connectivity index (χ2n) is 5.26. The SMILES string of the molecule is CC(C)N(C)S(=O)(=O)N1CCN(Cc2cncs2)CC1. The molecular weight excluding hydrogens is 296 g/mol. The Kier molecular flexibility index (Phi) is 5.14. The van der Waals surface area contributed by atoms with Gasteiger partial charge in [0.05, 0.1) is 5.51 Å². The maximum atomic E-state index is 12.4. The Morgan fingerprint density at radius 1 is 1.35 bits per heavy atom. The van der Waals surface area contributed by atoms with Gasteiger partial charge in [-0.2, -0.15) is 17.0 Å². The molecule has 1 aromatic rings. The molecule has 8 heteroatoms. The number of thiazole rings is 1. The summed E-state index contributed by atoms with van der Waals surface area (Å²) in [6.45, 7) is 7.27. The fourth-order valence-corrected chi connectivity index (χ4v) is 4.27. The van der Waals surface area contributed by atoms with Gasteiger partial charge in [-0.15, -0.1) is 11.3 Å². The minimum Gasteiger partial charge on any atom is -0.296 e. The number of rotatable bonds is 5. The Balaban J connectivity index is 1.91. The number of hydrogen-bond donors (Lipinski definition) is 0. The predicted molar refractivity (Wildman–Crippen MR) is 80.8 cm³/mol. The first-order chi connectivity index (χ1) is 9.41. The molecule has 1 aliphatic heterocycles. The summed E-state index contributed by atoms with van der Waals surface area (Å²) in [6, 6.07) is -0.0183. The van der Waals surface area contributed by atoms with Crippen molar-refractivity contribution in [3.05, 3.63) is 16.6 Å². The van der Waals surface area contributed by atoms with E-state index in [9.17, 15) is 8.42 Å². The third kappa shape index (κ3) is 3.56. The lowest BCUT2D eigenvalue weighted by Gasteiger charge is -2.36. The quantitative estimate of drug-likeness (QED) is 0.807. The maximum absolute atomic E-state index is 12.4. The van der Waals surface area contributed by atoms with Crippen LogP contribution in [0.2, 0.25) is 0 Å². The van der Waals surface area contributed by atoms with E-state index in [2.05, 4.69) is 9.88 Å². The maximum Gasteiger partial charge on any atom is 0.282 e. The number of hydrogen-bond acceptors (Lipinski definition) is 5. The molecule has 0 atom stereocenters. The van der Waals surface area contributed by atoms with E-state index in [4.69, 9.17) is 0 Å². The predicted octanol–water partition coefficient (Wildman–Crippen LogP) is 0.846. The van der Waals surface area contributed by atoms with Crippen molar-refractivity contribution in [2.45, 2.75) is 26.4 Å². The Bertz CT molecular complexity index is 508. The fraction of sp³-hybridized carbons (Fsp3) is 0.750. The molecule has 0 radical (unpaired) electrons. The van der Waals surface area contributed by atoms with Crippen molar-refractivity contribution in [2.75, 3.05) is 33.2 Å². The van der Waals surface area contributed by atoms with E-state index in [0.29, 0.717) is 13.1 Å². The summed E-state index contributed by atoms with van der Waals surface area (Å²) in [5.74, 6) is 0. The van der Waals surface area contributed by atoms with Crippen LogP contribution in [0.5, 0.6) is 0 Å². The van der Waals surface area contributed by atoms with Crippen molar-refractivity contribution in [1.29, 1.82) is 0 Å². The highest BCUT2D eigenvalue weighted by molar-refractivity contribution is 7.86. The highest BCUT2D eigenvalue weighted by Crippen LogP contribution is 2.16. The van der Waals surface area contributed by atoms with Crippen LogP contribution < -0.4 is 0 Å². The molecule has 0 aromatic carbocycles. The monoisotopic (exact) mass is 318 g/mol. The van der Waals surface area contributed by atoms with Crippen LogP contribution in [0.4, 0.5) is 0 Å². The van der Waals surface area contributed by atoms with Crippen LogP contribution in [-0.2, 0) is 16.8 Å². The van der Waals surface area contributed by atoms with Gasteiger partial charge in [0, 0.05) is 56.9 Å². The van der Waals surface area contributed by atoms with Gasteiger partial charge in [0.15, 0.2) is 0 Å². The largest absolute Gasteiger partial charge is 0.296 e. The third-order valence-electron chi connectivity index (χ3n) is 3.61. The molecule has 6 nitrogen and oxygen atoms in total. The Hall–Kier alpha value is -0.540. The van der Waals surface area contributed by atoms with Crippen LogP contribution in [0.3, 0.4) is 0 Å². The molecule has 1 fully saturated rings. The minimum atomic E-state index is -3.32. The van der Waals surface area contributed by atoms with E-state index in [1.165, 1.54) is 9.18 Å². The van der Waals surface area contributed by atoms with E-state index < -0.39 is 10.2 Å². The lowest BCUT2D eigenvalue weighted by atomic mass is 10.3. The van der Waals surface area contributed by atoms with E-state index >= 15 is 0 Å². The smallest absolute Gasteiger partial charge is 0.282 e. The Morgan fingerprint density at radius 2 is 2.00 bits per heavy atom. The van der Waals surface area contributed by atoms with Gasteiger partial charge in [0.25, 0.3) is 10.2 Å². The van der Waals surface area contributed by atoms with Gasteiger partial charge in [-0.3, -0.25) is 9.88 Å². The van der Waals surface area contributed by atoms with Gasteiger partial charge in [0.1, 0.15) is 0 Å². The summed E-state index contributed by atoms with van der Waals surface area (Å²) in [4.78, 5) is 7.56. The highest BCUT2D eigenvalue weighted by Gasteiger charge is 2.31. The number of nitrogens with zero attached hydrogens (tertiary/aromatic N) is 4. The molecule has 2 heterocycles. The van der Waals surface area contributed by atoms with E-state index in [1.54, 1.807) is 22.7 Å². The van der Waals surface area contributed by atoms with Crippen LogP contribution >= 0.6 is 11.3 Å². The average Bonchev–Trinajstić information content (AvgIpc) is 2.91. The molecule has 2 rings (SSSR count). The standard InChI is InChI=1S/C12H22N4O2S2/c1-11(2)14(3)20(17,18)16-6-4-15(5-7-16)9-12-8-13-10-19-12/h8,10-11H,4-7,9H2,1-3H3. The number of aromatic nitrogens is 1. The van der Waals surface area contributed by atoms with Crippen LogP contribution in [0, 0.1) is 0 Å². The first kappa shape index (κ1) is 15.8. The van der Waals surface area contributed by atoms with Crippen molar-refractivity contribution >= 4 is 21.5 Å². The van der Waals surface area contributed by atoms with Crippen molar-refractivity contribution in [2.24, 2.45) is 0 Å². The summed E-state index contributed by atoms with van der Waals surface area (Å²) >= 11 is 1.64. The van der Waals surface area contributed by atoms with Crippen molar-refractivity contribution in [3.63, 3.8) is 0 Å². The van der Waals surface area contributed by atoms with Gasteiger partial charge in [0.2, 0.25) is 0 Å². The average molecular weight is 318 g/mol. The topological polar surface area (TPSA) is 56.8 Å². The summed E-state index contributed by atoms with van der Waals surface area (Å²) in [6.07, 6.45) is 1.88. The molecular formula is C12H22N4O2S2. The molecule has 0 unspecified atom stereocenters. The highest BCUT2D eigenvalue weighted by atomic mass is 32.2. The molecule has 0 spiro atoms. The molecule has 0 aliphatic carbocycles. The molecule has 0 amide bonds. The zero-order chi connectivity index (χ0) is 14.8. The zero-order valence-electron chi connectivity index (χ0n) is 12.2. The lowest BCUT2D eigenvalue weighted by Crippen LogP contribution is -2.53. The van der Waals surface area contributed by atoms with Gasteiger partial charge < -0.3 is 0 Å². The first-order valence-electron chi connectivity index (χ1n) is 6.74. The molecule has 114 valence electrons. The van der Waals surface area contributed by atoms with Crippen molar-refractivity contribution < 1.29 is 8.42 Å². The summed E-state index contributed by atoms with van der Waals surface area (Å²) < 4.78 is 27.8. The molecule has 0 saturated carbocycles. The molecule has 0 N–H and O–H groups in total. The minimum absolute atomic E-state index is 0.0183. The second-order valence-corrected chi connectivity index (χ2v) is 8.22. The van der Waals surface area contributed by atoms with E-state index in [1.807, 2.05) is 25.6 Å². The Labute approximate surface area is 125 Å². The lowest BCUT2D eigenvalue weighted by molar-refractivity contribution is 0.175. The summed E-state index contributed by atoms with van der Waals surface area (Å²) in [5.41, 5.74) is 1.83. The normalized spacial score (nSPS) is 19.1. The van der Waals surface area contributed by atoms with Crippen LogP contribution in [0.25, 0.3) is 0 Å². The van der Waals surface area contributed by atoms with E-state index in [0.717, 1.165) is 19.6 Å². The van der Waals surface area contributed by atoms with Crippen LogP contribution in [0.1, 0.15) is 18.7 Å². The van der Waals surface area contributed by atoms with E-state index in [-0.39, 0.29) is 6.04 Å². The van der Waals surface area contributed by atoms with Gasteiger partial charge in [-0.25, -0.2) is 0 Å². The van der Waals surface area contributed by atoms with Gasteiger partial charge >= 0.3 is 0 Å². The van der Waals surface area contributed by atoms with Gasteiger partial charge in [-0.1, -0.05) is 0 Å². The van der Waals surface area contributed by atoms with Crippen LogP contribution in [0.15, 0.2) is 11.7 Å². The summed E-state index contributed by atoms with van der Waals surface area (Å²) in [7, 11) is -1.67. The molecule has 1 aromatic heterocycles. The molecule has 1 aliphatic rings. The molecule has 0 bridgehead atoms. The first-order valence-corrected chi connectivity index (χ1v) is 9.01. The molecule has 20 heavy (non-hydrogen) atoms. The summed E-state index contributed by atoms with van der Waals surface area (Å²) in [5, 5.41) is 0. The third-order valence-corrected chi connectivity index (χ3v) is 6.54. The molecule has 1 saturated heterocycles. The Morgan fingerprint density at radius 3 is 2.50 bits per heavy atom. The zero-order valence-corrected chi connectivity index (χ0v) is 13.8. The van der Waals surface area contributed by atoms with Gasteiger partial charge in [-0.05, 0) is 13.8 Å². The second kappa shape index (κ2) is 6.48. The fourth-order valence-electron chi connectivity index (χ4n) is 2.11. The van der Waals surface area contributed by atoms with Crippen molar-refractivity contribution in [1.82, 2.24) is 18.5 Å². The number of piperazine rings is 1. The van der Waals surface area contributed by atoms with Crippen molar-refractivity contribution in [3.8, 4) is 0 Å². The van der Waals surface area contributed by atoms with Crippen LogP contribution in [-0.4, -0.2) is 66.2 Å².